The summed E-state index contributed by atoms with van der Waals surface area (Å²) in [4.78, 5) is 4.30. The maximum Gasteiger partial charge on any atom is 0.191 e. The maximum absolute atomic E-state index is 5.55. The van der Waals surface area contributed by atoms with Crippen molar-refractivity contribution < 1.29 is 4.74 Å². The molecule has 0 radical (unpaired) electrons. The van der Waals surface area contributed by atoms with Gasteiger partial charge in [0.15, 0.2) is 5.96 Å². The molecule has 0 aromatic heterocycles. The summed E-state index contributed by atoms with van der Waals surface area (Å²) in [5.41, 5.74) is 0.126. The van der Waals surface area contributed by atoms with Gasteiger partial charge in [-0.2, -0.15) is 11.8 Å². The number of hydrogen-bond acceptors (Lipinski definition) is 3. The number of guanidine groups is 1. The van der Waals surface area contributed by atoms with Gasteiger partial charge in [-0.15, -0.1) is 0 Å². The predicted molar refractivity (Wildman–Crippen MR) is 85.1 cm³/mol. The van der Waals surface area contributed by atoms with E-state index in [2.05, 4.69) is 36.4 Å². The summed E-state index contributed by atoms with van der Waals surface area (Å²) in [6.45, 7) is 7.35. The highest BCUT2D eigenvalue weighted by atomic mass is 32.2. The van der Waals surface area contributed by atoms with Gasteiger partial charge in [-0.1, -0.05) is 20.8 Å². The number of methoxy groups -OCH3 is 1. The molecule has 2 unspecified atom stereocenters. The Balaban J connectivity index is 2.39. The van der Waals surface area contributed by atoms with Crippen molar-refractivity contribution in [1.29, 1.82) is 0 Å². The minimum Gasteiger partial charge on any atom is -0.379 e. The average Bonchev–Trinajstić information content (AvgIpc) is 2.37. The molecule has 1 rings (SSSR count). The third-order valence-electron chi connectivity index (χ3n) is 3.43. The number of nitrogens with zero attached hydrogens (tertiary/aromatic N) is 1. The summed E-state index contributed by atoms with van der Waals surface area (Å²) in [7, 11) is 3.59. The molecule has 0 aromatic rings. The first kappa shape index (κ1) is 16.6. The molecule has 1 fully saturated rings. The third kappa shape index (κ3) is 6.04. The molecule has 4 nitrogen and oxygen atoms in total. The second-order valence-electron chi connectivity index (χ2n) is 6.10. The fourth-order valence-corrected chi connectivity index (χ4v) is 3.25. The molecule has 0 aliphatic carbocycles. The number of aliphatic imine (C=N–C) groups is 1. The van der Waals surface area contributed by atoms with Crippen LogP contribution < -0.4 is 10.6 Å². The van der Waals surface area contributed by atoms with Crippen molar-refractivity contribution in [3.05, 3.63) is 0 Å². The summed E-state index contributed by atoms with van der Waals surface area (Å²) in [5, 5.41) is 6.88. The topological polar surface area (TPSA) is 45.7 Å². The standard InChI is InChI=1S/C14H29N3OS/c1-14(2,3)12(18-5)9-16-13(15-4)17-11-7-6-8-19-10-11/h11-12H,6-10H2,1-5H3,(H2,15,16,17). The van der Waals surface area contributed by atoms with Crippen molar-refractivity contribution in [1.82, 2.24) is 10.6 Å². The minimum absolute atomic E-state index is 0.126. The van der Waals surface area contributed by atoms with Gasteiger partial charge >= 0.3 is 0 Å². The monoisotopic (exact) mass is 287 g/mol. The van der Waals surface area contributed by atoms with E-state index in [0.717, 1.165) is 12.5 Å². The Morgan fingerprint density at radius 1 is 1.47 bits per heavy atom. The lowest BCUT2D eigenvalue weighted by Crippen LogP contribution is -2.49. The summed E-state index contributed by atoms with van der Waals surface area (Å²) in [6.07, 6.45) is 2.70. The van der Waals surface area contributed by atoms with Gasteiger partial charge in [0.2, 0.25) is 0 Å². The Morgan fingerprint density at radius 2 is 2.21 bits per heavy atom. The third-order valence-corrected chi connectivity index (χ3v) is 4.65. The van der Waals surface area contributed by atoms with E-state index in [1.807, 2.05) is 18.8 Å². The first-order valence-corrected chi connectivity index (χ1v) is 8.20. The second kappa shape index (κ2) is 8.00. The Kier molecular flexibility index (Phi) is 7.00. The SMILES string of the molecule is CN=C(NCC(OC)C(C)(C)C)NC1CCCSC1. The zero-order chi connectivity index (χ0) is 14.3. The van der Waals surface area contributed by atoms with Gasteiger partial charge in [0.1, 0.15) is 0 Å². The fourth-order valence-electron chi connectivity index (χ4n) is 2.17. The van der Waals surface area contributed by atoms with Crippen LogP contribution in [0.15, 0.2) is 4.99 Å². The molecule has 1 aliphatic rings. The quantitative estimate of drug-likeness (QED) is 0.614. The fraction of sp³-hybridized carbons (Fsp3) is 0.929. The Hall–Kier alpha value is -0.420. The van der Waals surface area contributed by atoms with Crippen LogP contribution in [0, 0.1) is 5.41 Å². The van der Waals surface area contributed by atoms with Gasteiger partial charge in [-0.3, -0.25) is 4.99 Å². The molecular weight excluding hydrogens is 258 g/mol. The molecule has 2 atom stereocenters. The Labute approximate surface area is 122 Å². The molecule has 2 N–H and O–H groups in total. The van der Waals surface area contributed by atoms with E-state index >= 15 is 0 Å². The molecule has 0 amide bonds. The first-order valence-electron chi connectivity index (χ1n) is 7.05. The molecule has 0 bridgehead atoms. The number of thioether (sulfide) groups is 1. The van der Waals surface area contributed by atoms with E-state index in [1.165, 1.54) is 24.3 Å². The molecular formula is C14H29N3OS. The van der Waals surface area contributed by atoms with Gasteiger partial charge in [0, 0.05) is 32.5 Å². The number of ether oxygens (including phenoxy) is 1. The Morgan fingerprint density at radius 3 is 2.68 bits per heavy atom. The maximum atomic E-state index is 5.55. The van der Waals surface area contributed by atoms with Gasteiger partial charge in [-0.25, -0.2) is 0 Å². The largest absolute Gasteiger partial charge is 0.379 e. The van der Waals surface area contributed by atoms with Crippen molar-refractivity contribution in [3.63, 3.8) is 0 Å². The predicted octanol–water partition coefficient (Wildman–Crippen LogP) is 2.11. The second-order valence-corrected chi connectivity index (χ2v) is 7.25. The van der Waals surface area contributed by atoms with Crippen molar-refractivity contribution in [2.24, 2.45) is 10.4 Å². The highest BCUT2D eigenvalue weighted by Gasteiger charge is 2.24. The van der Waals surface area contributed by atoms with Crippen LogP contribution in [0.5, 0.6) is 0 Å². The van der Waals surface area contributed by atoms with Crippen LogP contribution in [0.3, 0.4) is 0 Å². The molecule has 5 heteroatoms. The van der Waals surface area contributed by atoms with Gasteiger partial charge in [-0.05, 0) is 24.0 Å². The van der Waals surface area contributed by atoms with Gasteiger partial charge < -0.3 is 15.4 Å². The molecule has 19 heavy (non-hydrogen) atoms. The van der Waals surface area contributed by atoms with Crippen LogP contribution >= 0.6 is 11.8 Å². The highest BCUT2D eigenvalue weighted by molar-refractivity contribution is 7.99. The van der Waals surface area contributed by atoms with Crippen molar-refractivity contribution in [2.45, 2.75) is 45.8 Å². The van der Waals surface area contributed by atoms with Gasteiger partial charge in [0.05, 0.1) is 6.10 Å². The van der Waals surface area contributed by atoms with E-state index in [4.69, 9.17) is 4.74 Å². The molecule has 1 aliphatic heterocycles. The number of nitrogens with one attached hydrogen (secondary N) is 2. The molecule has 1 saturated heterocycles. The smallest absolute Gasteiger partial charge is 0.191 e. The molecule has 1 heterocycles. The zero-order valence-electron chi connectivity index (χ0n) is 13.0. The summed E-state index contributed by atoms with van der Waals surface area (Å²) >= 11 is 2.02. The average molecular weight is 287 g/mol. The van der Waals surface area contributed by atoms with E-state index in [9.17, 15) is 0 Å². The van der Waals surface area contributed by atoms with Gasteiger partial charge in [0.25, 0.3) is 0 Å². The zero-order valence-corrected chi connectivity index (χ0v) is 13.8. The van der Waals surface area contributed by atoms with E-state index in [-0.39, 0.29) is 11.5 Å². The normalized spacial score (nSPS) is 23.0. The lowest BCUT2D eigenvalue weighted by molar-refractivity contribution is 0.0205. The molecule has 0 aromatic carbocycles. The van der Waals surface area contributed by atoms with E-state index < -0.39 is 0 Å². The Bertz CT molecular complexity index is 283. The number of hydrogen-bond donors (Lipinski definition) is 2. The molecule has 112 valence electrons. The van der Waals surface area contributed by atoms with Crippen LogP contribution in [0.25, 0.3) is 0 Å². The summed E-state index contributed by atoms with van der Waals surface area (Å²) < 4.78 is 5.55. The van der Waals surface area contributed by atoms with Crippen molar-refractivity contribution in [2.75, 3.05) is 32.2 Å². The molecule has 0 saturated carbocycles. The van der Waals surface area contributed by atoms with Crippen LogP contribution in [0.4, 0.5) is 0 Å². The van der Waals surface area contributed by atoms with Crippen molar-refractivity contribution in [3.8, 4) is 0 Å². The summed E-state index contributed by atoms with van der Waals surface area (Å²) in [5.74, 6) is 3.35. The summed E-state index contributed by atoms with van der Waals surface area (Å²) in [6, 6.07) is 0.542. The highest BCUT2D eigenvalue weighted by Crippen LogP contribution is 2.21. The first-order chi connectivity index (χ1) is 8.97. The van der Waals surface area contributed by atoms with Crippen molar-refractivity contribution >= 4 is 17.7 Å². The molecule has 0 spiro atoms. The number of rotatable bonds is 4. The van der Waals surface area contributed by atoms with E-state index in [1.54, 1.807) is 7.11 Å². The van der Waals surface area contributed by atoms with Crippen LogP contribution in [-0.2, 0) is 4.74 Å². The lowest BCUT2D eigenvalue weighted by atomic mass is 9.89. The lowest BCUT2D eigenvalue weighted by Gasteiger charge is -2.31. The van der Waals surface area contributed by atoms with Crippen LogP contribution in [0.2, 0.25) is 0 Å². The van der Waals surface area contributed by atoms with E-state index in [0.29, 0.717) is 6.04 Å². The van der Waals surface area contributed by atoms with Crippen LogP contribution in [-0.4, -0.2) is 50.3 Å². The minimum atomic E-state index is 0.126. The van der Waals surface area contributed by atoms with Crippen LogP contribution in [0.1, 0.15) is 33.6 Å².